The minimum Gasteiger partial charge on any atom is -0.493 e. The molecule has 1 aromatic rings. The van der Waals surface area contributed by atoms with Crippen LogP contribution in [-0.2, 0) is 0 Å². The van der Waals surface area contributed by atoms with Gasteiger partial charge in [-0.05, 0) is 36.8 Å². The van der Waals surface area contributed by atoms with Crippen molar-refractivity contribution in [2.45, 2.75) is 38.0 Å². The Balaban J connectivity index is 1.59. The smallest absolute Gasteiger partial charge is 0.407 e. The normalized spacial score (nSPS) is 22.7. The molecule has 114 valence electrons. The molecule has 4 nitrogen and oxygen atoms in total. The van der Waals surface area contributed by atoms with Crippen molar-refractivity contribution in [1.82, 2.24) is 4.90 Å². The van der Waals surface area contributed by atoms with E-state index in [1.807, 2.05) is 6.07 Å². The Kier molecular flexibility index (Phi) is 4.32. The molecule has 0 unspecified atom stereocenters. The van der Waals surface area contributed by atoms with Crippen molar-refractivity contribution < 1.29 is 14.6 Å². The average Bonchev–Trinajstić information content (AvgIpc) is 3.17. The van der Waals surface area contributed by atoms with E-state index >= 15 is 0 Å². The van der Waals surface area contributed by atoms with Crippen LogP contribution >= 0.6 is 0 Å². The largest absolute Gasteiger partial charge is 0.493 e. The molecule has 1 aliphatic carbocycles. The molecular weight excluding hydrogens is 266 g/mol. The first kappa shape index (κ1) is 14.2. The quantitative estimate of drug-likeness (QED) is 0.919. The first-order valence-corrected chi connectivity index (χ1v) is 7.93. The predicted octanol–water partition coefficient (Wildman–Crippen LogP) is 3.72. The maximum absolute atomic E-state index is 10.9. The highest BCUT2D eigenvalue weighted by molar-refractivity contribution is 5.65. The number of rotatable bonds is 4. The SMILES string of the molecule is O=C(O)N1CC[C@@H](COc2ccccc2C2CCCC2)C1. The number of hydrogen-bond donors (Lipinski definition) is 1. The number of carboxylic acid groups (broad SMARTS) is 1. The Morgan fingerprint density at radius 3 is 2.71 bits per heavy atom. The van der Waals surface area contributed by atoms with Gasteiger partial charge in [0.05, 0.1) is 6.61 Å². The summed E-state index contributed by atoms with van der Waals surface area (Å²) in [6.07, 6.45) is 5.24. The predicted molar refractivity (Wildman–Crippen MR) is 80.9 cm³/mol. The highest BCUT2D eigenvalue weighted by Gasteiger charge is 2.27. The van der Waals surface area contributed by atoms with E-state index in [1.165, 1.54) is 36.1 Å². The summed E-state index contributed by atoms with van der Waals surface area (Å²) in [7, 11) is 0. The summed E-state index contributed by atoms with van der Waals surface area (Å²) in [5.41, 5.74) is 1.34. The molecule has 2 fully saturated rings. The number of nitrogens with zero attached hydrogens (tertiary/aromatic N) is 1. The van der Waals surface area contributed by atoms with Gasteiger partial charge in [-0.1, -0.05) is 31.0 Å². The number of para-hydroxylation sites is 1. The zero-order chi connectivity index (χ0) is 14.7. The molecule has 1 saturated carbocycles. The number of carbonyl (C=O) groups is 1. The van der Waals surface area contributed by atoms with Gasteiger partial charge in [-0.3, -0.25) is 0 Å². The van der Waals surface area contributed by atoms with Crippen LogP contribution in [0.25, 0.3) is 0 Å². The molecule has 0 radical (unpaired) electrons. The average molecular weight is 289 g/mol. The standard InChI is InChI=1S/C17H23NO3/c19-17(20)18-10-9-13(11-18)12-21-16-8-4-3-7-15(16)14-5-1-2-6-14/h3-4,7-8,13-14H,1-2,5-6,9-12H2,(H,19,20)/t13-/m1/s1. The van der Waals surface area contributed by atoms with E-state index in [1.54, 1.807) is 0 Å². The lowest BCUT2D eigenvalue weighted by Crippen LogP contribution is -2.27. The summed E-state index contributed by atoms with van der Waals surface area (Å²) in [6, 6.07) is 8.34. The fourth-order valence-electron chi connectivity index (χ4n) is 3.54. The Bertz CT molecular complexity index is 497. The van der Waals surface area contributed by atoms with Crippen LogP contribution in [0.5, 0.6) is 5.75 Å². The van der Waals surface area contributed by atoms with E-state index < -0.39 is 6.09 Å². The molecule has 0 aromatic heterocycles. The van der Waals surface area contributed by atoms with Gasteiger partial charge in [0.25, 0.3) is 0 Å². The van der Waals surface area contributed by atoms with E-state index in [2.05, 4.69) is 18.2 Å². The van der Waals surface area contributed by atoms with Gasteiger partial charge < -0.3 is 14.7 Å². The molecule has 1 heterocycles. The van der Waals surface area contributed by atoms with Crippen molar-refractivity contribution in [2.75, 3.05) is 19.7 Å². The molecule has 21 heavy (non-hydrogen) atoms. The van der Waals surface area contributed by atoms with Crippen LogP contribution in [0.2, 0.25) is 0 Å². The zero-order valence-electron chi connectivity index (χ0n) is 12.3. The Hall–Kier alpha value is -1.71. The summed E-state index contributed by atoms with van der Waals surface area (Å²) in [5, 5.41) is 8.99. The van der Waals surface area contributed by atoms with Gasteiger partial charge in [-0.2, -0.15) is 0 Å². The first-order valence-electron chi connectivity index (χ1n) is 7.93. The molecule has 0 spiro atoms. The molecule has 1 aromatic carbocycles. The molecule has 4 heteroatoms. The van der Waals surface area contributed by atoms with Gasteiger partial charge >= 0.3 is 6.09 Å². The molecule has 3 rings (SSSR count). The van der Waals surface area contributed by atoms with E-state index in [0.29, 0.717) is 31.5 Å². The van der Waals surface area contributed by atoms with Crippen LogP contribution < -0.4 is 4.74 Å². The number of benzene rings is 1. The Morgan fingerprint density at radius 2 is 2.00 bits per heavy atom. The van der Waals surface area contributed by atoms with Crippen LogP contribution in [-0.4, -0.2) is 35.8 Å². The third-order valence-corrected chi connectivity index (χ3v) is 4.74. The lowest BCUT2D eigenvalue weighted by Gasteiger charge is -2.18. The molecule has 1 aliphatic heterocycles. The molecule has 1 atom stereocenters. The molecule has 1 N–H and O–H groups in total. The van der Waals surface area contributed by atoms with Crippen LogP contribution in [0.3, 0.4) is 0 Å². The van der Waals surface area contributed by atoms with Gasteiger partial charge in [-0.25, -0.2) is 4.79 Å². The number of hydrogen-bond acceptors (Lipinski definition) is 2. The summed E-state index contributed by atoms with van der Waals surface area (Å²) < 4.78 is 6.04. The molecular formula is C17H23NO3. The van der Waals surface area contributed by atoms with Crippen molar-refractivity contribution in [1.29, 1.82) is 0 Å². The van der Waals surface area contributed by atoms with Gasteiger partial charge in [0.2, 0.25) is 0 Å². The third-order valence-electron chi connectivity index (χ3n) is 4.74. The Labute approximate surface area is 125 Å². The number of amides is 1. The summed E-state index contributed by atoms with van der Waals surface area (Å²) in [5.74, 6) is 1.95. The molecule has 2 aliphatic rings. The first-order chi connectivity index (χ1) is 10.2. The topological polar surface area (TPSA) is 49.8 Å². The highest BCUT2D eigenvalue weighted by Crippen LogP contribution is 2.38. The van der Waals surface area contributed by atoms with Crippen LogP contribution in [0, 0.1) is 5.92 Å². The van der Waals surface area contributed by atoms with Crippen LogP contribution in [0.1, 0.15) is 43.6 Å². The van der Waals surface area contributed by atoms with E-state index in [4.69, 9.17) is 9.84 Å². The molecule has 0 bridgehead atoms. The second kappa shape index (κ2) is 6.37. The van der Waals surface area contributed by atoms with Gasteiger partial charge in [0.1, 0.15) is 5.75 Å². The summed E-state index contributed by atoms with van der Waals surface area (Å²) in [6.45, 7) is 1.85. The van der Waals surface area contributed by atoms with E-state index in [0.717, 1.165) is 12.2 Å². The van der Waals surface area contributed by atoms with Crippen LogP contribution in [0.4, 0.5) is 4.79 Å². The van der Waals surface area contributed by atoms with Gasteiger partial charge in [0.15, 0.2) is 0 Å². The highest BCUT2D eigenvalue weighted by atomic mass is 16.5. The van der Waals surface area contributed by atoms with Gasteiger partial charge in [-0.15, -0.1) is 0 Å². The van der Waals surface area contributed by atoms with Gasteiger partial charge in [0, 0.05) is 19.0 Å². The van der Waals surface area contributed by atoms with Crippen molar-refractivity contribution in [3.63, 3.8) is 0 Å². The molecule has 1 amide bonds. The summed E-state index contributed by atoms with van der Waals surface area (Å²) in [4.78, 5) is 12.4. The third kappa shape index (κ3) is 3.31. The van der Waals surface area contributed by atoms with E-state index in [9.17, 15) is 4.79 Å². The molecule has 1 saturated heterocycles. The maximum Gasteiger partial charge on any atom is 0.407 e. The second-order valence-electron chi connectivity index (χ2n) is 6.21. The lowest BCUT2D eigenvalue weighted by atomic mass is 9.97. The second-order valence-corrected chi connectivity index (χ2v) is 6.21. The fourth-order valence-corrected chi connectivity index (χ4v) is 3.54. The van der Waals surface area contributed by atoms with Crippen molar-refractivity contribution in [3.05, 3.63) is 29.8 Å². The zero-order valence-corrected chi connectivity index (χ0v) is 12.3. The van der Waals surface area contributed by atoms with E-state index in [-0.39, 0.29) is 0 Å². The van der Waals surface area contributed by atoms with Crippen molar-refractivity contribution in [3.8, 4) is 5.75 Å². The monoisotopic (exact) mass is 289 g/mol. The number of ether oxygens (including phenoxy) is 1. The van der Waals surface area contributed by atoms with Crippen molar-refractivity contribution >= 4 is 6.09 Å². The minimum atomic E-state index is -0.816. The maximum atomic E-state index is 10.9. The Morgan fingerprint density at radius 1 is 1.24 bits per heavy atom. The van der Waals surface area contributed by atoms with Crippen LogP contribution in [0.15, 0.2) is 24.3 Å². The lowest BCUT2D eigenvalue weighted by molar-refractivity contribution is 0.151. The summed E-state index contributed by atoms with van der Waals surface area (Å²) >= 11 is 0. The minimum absolute atomic E-state index is 0.317. The number of likely N-dealkylation sites (tertiary alicyclic amines) is 1. The fraction of sp³-hybridized carbons (Fsp3) is 0.588. The van der Waals surface area contributed by atoms with Crippen molar-refractivity contribution in [2.24, 2.45) is 5.92 Å².